The number of esters is 1. The van der Waals surface area contributed by atoms with Crippen molar-refractivity contribution in [3.05, 3.63) is 35.6 Å². The first-order valence-electron chi connectivity index (χ1n) is 4.89. The Morgan fingerprint density at radius 2 is 1.94 bits per heavy atom. The van der Waals surface area contributed by atoms with Crippen molar-refractivity contribution in [2.75, 3.05) is 5.32 Å². The Kier molecular flexibility index (Phi) is 2.48. The van der Waals surface area contributed by atoms with E-state index in [0.29, 0.717) is 11.3 Å². The van der Waals surface area contributed by atoms with Crippen LogP contribution >= 0.6 is 0 Å². The first kappa shape index (κ1) is 10.4. The van der Waals surface area contributed by atoms with Crippen LogP contribution in [0.25, 0.3) is 5.57 Å². The van der Waals surface area contributed by atoms with Crippen molar-refractivity contribution in [2.45, 2.75) is 13.8 Å². The van der Waals surface area contributed by atoms with Crippen LogP contribution in [0.15, 0.2) is 30.0 Å². The highest BCUT2D eigenvalue weighted by molar-refractivity contribution is 6.32. The van der Waals surface area contributed by atoms with Crippen LogP contribution in [0.1, 0.15) is 19.4 Å². The van der Waals surface area contributed by atoms with Crippen LogP contribution in [0.3, 0.4) is 0 Å². The van der Waals surface area contributed by atoms with Crippen molar-refractivity contribution in [1.29, 1.82) is 0 Å². The molecule has 1 aliphatic rings. The third-order valence-corrected chi connectivity index (χ3v) is 2.32. The number of anilines is 1. The molecule has 0 bridgehead atoms. The molecular weight excluding hydrogens is 206 g/mol. The summed E-state index contributed by atoms with van der Waals surface area (Å²) in [7, 11) is 0. The van der Waals surface area contributed by atoms with Crippen molar-refractivity contribution in [3.8, 4) is 0 Å². The third kappa shape index (κ3) is 1.69. The summed E-state index contributed by atoms with van der Waals surface area (Å²) in [6.45, 7) is 2.92. The van der Waals surface area contributed by atoms with E-state index in [1.165, 1.54) is 6.92 Å². The highest BCUT2D eigenvalue weighted by Crippen LogP contribution is 2.33. The van der Waals surface area contributed by atoms with Gasteiger partial charge in [0.05, 0.1) is 5.57 Å². The van der Waals surface area contributed by atoms with Gasteiger partial charge in [-0.05, 0) is 13.0 Å². The lowest BCUT2D eigenvalue weighted by molar-refractivity contribution is -0.136. The fourth-order valence-corrected chi connectivity index (χ4v) is 1.73. The minimum absolute atomic E-state index is 0.236. The third-order valence-electron chi connectivity index (χ3n) is 2.32. The summed E-state index contributed by atoms with van der Waals surface area (Å²) >= 11 is 0. The number of nitrogens with one attached hydrogen (secondary N) is 1. The molecule has 16 heavy (non-hydrogen) atoms. The smallest absolute Gasteiger partial charge is 0.307 e. The van der Waals surface area contributed by atoms with E-state index in [0.717, 1.165) is 11.3 Å². The Balaban J connectivity index is 2.50. The number of hydrogen-bond acceptors (Lipinski definition) is 3. The Bertz CT molecular complexity index is 503. The lowest BCUT2D eigenvalue weighted by Gasteiger charge is -2.04. The van der Waals surface area contributed by atoms with Gasteiger partial charge < -0.3 is 10.1 Å². The zero-order valence-electron chi connectivity index (χ0n) is 9.03. The van der Waals surface area contributed by atoms with Gasteiger partial charge in [-0.25, -0.2) is 0 Å². The summed E-state index contributed by atoms with van der Waals surface area (Å²) in [5.74, 6) is -0.336. The molecule has 0 fully saturated rings. The van der Waals surface area contributed by atoms with Gasteiger partial charge in [0.1, 0.15) is 5.76 Å². The van der Waals surface area contributed by atoms with Gasteiger partial charge in [-0.15, -0.1) is 0 Å². The molecule has 0 aliphatic carbocycles. The van der Waals surface area contributed by atoms with E-state index in [-0.39, 0.29) is 5.91 Å². The summed E-state index contributed by atoms with van der Waals surface area (Å²) in [6, 6.07) is 7.29. The molecule has 1 aromatic rings. The lowest BCUT2D eigenvalue weighted by Crippen LogP contribution is -2.07. The molecule has 0 radical (unpaired) electrons. The Hall–Kier alpha value is -2.10. The predicted octanol–water partition coefficient (Wildman–Crippen LogP) is 1.93. The van der Waals surface area contributed by atoms with E-state index in [2.05, 4.69) is 5.32 Å². The van der Waals surface area contributed by atoms with Gasteiger partial charge in [0, 0.05) is 18.2 Å². The molecule has 82 valence electrons. The molecular formula is C12H11NO3. The Morgan fingerprint density at radius 1 is 1.25 bits per heavy atom. The van der Waals surface area contributed by atoms with Crippen LogP contribution in [0.4, 0.5) is 5.69 Å². The molecule has 2 rings (SSSR count). The molecule has 1 N–H and O–H groups in total. The summed E-state index contributed by atoms with van der Waals surface area (Å²) < 4.78 is 4.94. The molecule has 1 heterocycles. The van der Waals surface area contributed by atoms with Gasteiger partial charge >= 0.3 is 5.97 Å². The van der Waals surface area contributed by atoms with E-state index in [4.69, 9.17) is 4.74 Å². The van der Waals surface area contributed by atoms with Crippen molar-refractivity contribution in [3.63, 3.8) is 0 Å². The number of rotatable bonds is 1. The van der Waals surface area contributed by atoms with E-state index in [1.54, 1.807) is 13.0 Å². The highest BCUT2D eigenvalue weighted by Gasteiger charge is 2.26. The molecule has 1 aliphatic heterocycles. The SMILES string of the molecule is CC(=O)O/C(C)=C1\C(=O)Nc2ccccc21. The minimum atomic E-state index is -0.429. The largest absolute Gasteiger partial charge is 0.431 e. The summed E-state index contributed by atoms with van der Waals surface area (Å²) in [6.07, 6.45) is 0. The number of carbonyl (C=O) groups is 2. The summed E-state index contributed by atoms with van der Waals surface area (Å²) in [4.78, 5) is 22.5. The second kappa shape index (κ2) is 3.81. The van der Waals surface area contributed by atoms with Crippen LogP contribution in [-0.4, -0.2) is 11.9 Å². The van der Waals surface area contributed by atoms with Crippen LogP contribution in [-0.2, 0) is 14.3 Å². The number of carbonyl (C=O) groups excluding carboxylic acids is 2. The van der Waals surface area contributed by atoms with Crippen LogP contribution in [0.5, 0.6) is 0 Å². The molecule has 4 nitrogen and oxygen atoms in total. The zero-order valence-corrected chi connectivity index (χ0v) is 9.03. The highest BCUT2D eigenvalue weighted by atomic mass is 16.5. The van der Waals surface area contributed by atoms with E-state index >= 15 is 0 Å². The normalized spacial score (nSPS) is 16.5. The lowest BCUT2D eigenvalue weighted by atomic mass is 10.1. The van der Waals surface area contributed by atoms with Gasteiger partial charge in [-0.2, -0.15) is 0 Å². The van der Waals surface area contributed by atoms with E-state index in [9.17, 15) is 9.59 Å². The average Bonchev–Trinajstić information content (AvgIpc) is 2.52. The topological polar surface area (TPSA) is 55.4 Å². The molecule has 0 aromatic heterocycles. The first-order chi connectivity index (χ1) is 7.59. The summed E-state index contributed by atoms with van der Waals surface area (Å²) in [5.41, 5.74) is 1.94. The van der Waals surface area contributed by atoms with Crippen molar-refractivity contribution < 1.29 is 14.3 Å². The van der Waals surface area contributed by atoms with Gasteiger partial charge in [0.15, 0.2) is 0 Å². The fraction of sp³-hybridized carbons (Fsp3) is 0.167. The monoisotopic (exact) mass is 217 g/mol. The predicted molar refractivity (Wildman–Crippen MR) is 59.4 cm³/mol. The second-order valence-electron chi connectivity index (χ2n) is 3.52. The number of ether oxygens (including phenoxy) is 1. The van der Waals surface area contributed by atoms with Crippen molar-refractivity contribution in [1.82, 2.24) is 0 Å². The van der Waals surface area contributed by atoms with E-state index < -0.39 is 5.97 Å². The number of amides is 1. The second-order valence-corrected chi connectivity index (χ2v) is 3.52. The quantitative estimate of drug-likeness (QED) is 0.444. The molecule has 0 unspecified atom stereocenters. The van der Waals surface area contributed by atoms with Crippen molar-refractivity contribution >= 4 is 23.1 Å². The number of fused-ring (bicyclic) bond motifs is 1. The molecule has 4 heteroatoms. The summed E-state index contributed by atoms with van der Waals surface area (Å²) in [5, 5.41) is 2.71. The number of benzene rings is 1. The molecule has 0 saturated heterocycles. The van der Waals surface area contributed by atoms with Crippen LogP contribution < -0.4 is 5.32 Å². The molecule has 0 saturated carbocycles. The van der Waals surface area contributed by atoms with Crippen LogP contribution in [0, 0.1) is 0 Å². The number of hydrogen-bond donors (Lipinski definition) is 1. The van der Waals surface area contributed by atoms with Gasteiger partial charge in [-0.3, -0.25) is 9.59 Å². The Labute approximate surface area is 92.9 Å². The first-order valence-corrected chi connectivity index (χ1v) is 4.89. The van der Waals surface area contributed by atoms with Gasteiger partial charge in [-0.1, -0.05) is 18.2 Å². The maximum Gasteiger partial charge on any atom is 0.307 e. The maximum atomic E-state index is 11.7. The minimum Gasteiger partial charge on any atom is -0.431 e. The molecule has 1 amide bonds. The van der Waals surface area contributed by atoms with E-state index in [1.807, 2.05) is 18.2 Å². The Morgan fingerprint density at radius 3 is 2.62 bits per heavy atom. The molecule has 0 spiro atoms. The molecule has 0 atom stereocenters. The maximum absolute atomic E-state index is 11.7. The number of allylic oxidation sites excluding steroid dienone is 1. The van der Waals surface area contributed by atoms with Gasteiger partial charge in [0.2, 0.25) is 0 Å². The number of para-hydroxylation sites is 1. The standard InChI is InChI=1S/C12H11NO3/c1-7(16-8(2)14)11-9-5-3-4-6-10(9)13-12(11)15/h3-6H,1-2H3,(H,13,15)/b11-7-. The zero-order chi connectivity index (χ0) is 11.7. The fourth-order valence-electron chi connectivity index (χ4n) is 1.73. The van der Waals surface area contributed by atoms with Crippen LogP contribution in [0.2, 0.25) is 0 Å². The van der Waals surface area contributed by atoms with Crippen molar-refractivity contribution in [2.24, 2.45) is 0 Å². The average molecular weight is 217 g/mol. The molecule has 1 aromatic carbocycles. The van der Waals surface area contributed by atoms with Gasteiger partial charge in [0.25, 0.3) is 5.91 Å².